The fourth-order valence-corrected chi connectivity index (χ4v) is 2.51. The van der Waals surface area contributed by atoms with E-state index in [1.54, 1.807) is 22.7 Å². The van der Waals surface area contributed by atoms with Crippen molar-refractivity contribution in [3.8, 4) is 0 Å². The van der Waals surface area contributed by atoms with Crippen LogP contribution in [0.4, 0.5) is 0 Å². The highest BCUT2D eigenvalue weighted by molar-refractivity contribution is 5.95. The van der Waals surface area contributed by atoms with Crippen LogP contribution in [0.3, 0.4) is 0 Å². The molecule has 0 unspecified atom stereocenters. The molecule has 0 bridgehead atoms. The van der Waals surface area contributed by atoms with Gasteiger partial charge >= 0.3 is 5.97 Å². The number of aliphatic carboxylic acids is 1. The molecule has 7 nitrogen and oxygen atoms in total. The minimum absolute atomic E-state index is 0.0341. The fraction of sp³-hybridized carbons (Fsp3) is 0.385. The summed E-state index contributed by atoms with van der Waals surface area (Å²) in [6.45, 7) is 0. The van der Waals surface area contributed by atoms with Crippen molar-refractivity contribution >= 4 is 17.5 Å². The molecule has 20 heavy (non-hydrogen) atoms. The summed E-state index contributed by atoms with van der Waals surface area (Å²) in [7, 11) is 0. The quantitative estimate of drug-likeness (QED) is 0.861. The van der Waals surface area contributed by atoms with E-state index in [0.717, 1.165) is 6.42 Å². The lowest BCUT2D eigenvalue weighted by atomic mass is 9.74. The molecule has 2 heterocycles. The Balaban J connectivity index is 1.79. The Bertz CT molecular complexity index is 675. The number of carboxylic acid groups (broad SMARTS) is 1. The molecule has 1 fully saturated rings. The van der Waals surface area contributed by atoms with Gasteiger partial charge in [-0.25, -0.2) is 0 Å². The number of carbonyl (C=O) groups is 2. The van der Waals surface area contributed by atoms with Crippen LogP contribution in [0.15, 0.2) is 24.7 Å². The molecule has 0 aromatic carbocycles. The molecule has 104 valence electrons. The molecule has 1 aliphatic carbocycles. The standard InChI is InChI=1S/C13H14N4O3/c18-11(19)6-13(4-1-5-13)15-12(20)9-2-3-10-16-14-8-17(10)7-9/h2-3,7-8H,1,4-6H2,(H,15,20)(H,18,19). The summed E-state index contributed by atoms with van der Waals surface area (Å²) in [5.74, 6) is -1.15. The first-order chi connectivity index (χ1) is 9.58. The van der Waals surface area contributed by atoms with E-state index in [-0.39, 0.29) is 12.3 Å². The number of rotatable bonds is 4. The zero-order valence-electron chi connectivity index (χ0n) is 10.7. The summed E-state index contributed by atoms with van der Waals surface area (Å²) in [6.07, 6.45) is 5.48. The Morgan fingerprint density at radius 1 is 1.40 bits per heavy atom. The molecule has 0 radical (unpaired) electrons. The number of pyridine rings is 1. The van der Waals surface area contributed by atoms with Crippen molar-refractivity contribution in [2.24, 2.45) is 0 Å². The second-order valence-corrected chi connectivity index (χ2v) is 5.17. The molecule has 1 saturated carbocycles. The van der Waals surface area contributed by atoms with Gasteiger partial charge in [0.2, 0.25) is 0 Å². The highest BCUT2D eigenvalue weighted by atomic mass is 16.4. The Labute approximate surface area is 114 Å². The maximum Gasteiger partial charge on any atom is 0.305 e. The number of hydrogen-bond donors (Lipinski definition) is 2. The largest absolute Gasteiger partial charge is 0.481 e. The number of carbonyl (C=O) groups excluding carboxylic acids is 1. The van der Waals surface area contributed by atoms with Crippen LogP contribution in [0.1, 0.15) is 36.0 Å². The number of aromatic nitrogens is 3. The van der Waals surface area contributed by atoms with Crippen LogP contribution in [0.2, 0.25) is 0 Å². The number of hydrogen-bond acceptors (Lipinski definition) is 4. The van der Waals surface area contributed by atoms with E-state index >= 15 is 0 Å². The molecule has 2 N–H and O–H groups in total. The van der Waals surface area contributed by atoms with E-state index in [1.807, 2.05) is 0 Å². The highest BCUT2D eigenvalue weighted by Crippen LogP contribution is 2.35. The first-order valence-corrected chi connectivity index (χ1v) is 6.42. The van der Waals surface area contributed by atoms with Crippen LogP contribution in [0.25, 0.3) is 5.65 Å². The average molecular weight is 274 g/mol. The highest BCUT2D eigenvalue weighted by Gasteiger charge is 2.40. The molecule has 3 rings (SSSR count). The van der Waals surface area contributed by atoms with E-state index in [1.165, 1.54) is 6.33 Å². The third-order valence-electron chi connectivity index (χ3n) is 3.73. The Hall–Kier alpha value is -2.44. The summed E-state index contributed by atoms with van der Waals surface area (Å²) in [6, 6.07) is 3.36. The second kappa shape index (κ2) is 4.59. The van der Waals surface area contributed by atoms with Gasteiger partial charge in [0.25, 0.3) is 5.91 Å². The van der Waals surface area contributed by atoms with Crippen LogP contribution in [0, 0.1) is 0 Å². The maximum atomic E-state index is 12.2. The predicted molar refractivity (Wildman–Crippen MR) is 69.3 cm³/mol. The van der Waals surface area contributed by atoms with Crippen molar-refractivity contribution in [2.45, 2.75) is 31.2 Å². The molecular formula is C13H14N4O3. The van der Waals surface area contributed by atoms with Gasteiger partial charge in [0, 0.05) is 6.20 Å². The van der Waals surface area contributed by atoms with Crippen LogP contribution >= 0.6 is 0 Å². The normalized spacial score (nSPS) is 16.6. The molecule has 2 aromatic heterocycles. The van der Waals surface area contributed by atoms with Crippen molar-refractivity contribution in [1.82, 2.24) is 19.9 Å². The first kappa shape index (κ1) is 12.6. The van der Waals surface area contributed by atoms with Gasteiger partial charge < -0.3 is 10.4 Å². The average Bonchev–Trinajstić information content (AvgIpc) is 2.82. The topological polar surface area (TPSA) is 96.6 Å². The molecule has 0 atom stereocenters. The second-order valence-electron chi connectivity index (χ2n) is 5.17. The number of amides is 1. The Kier molecular flexibility index (Phi) is 2.89. The number of nitrogens with zero attached hydrogens (tertiary/aromatic N) is 3. The first-order valence-electron chi connectivity index (χ1n) is 6.42. The zero-order valence-corrected chi connectivity index (χ0v) is 10.7. The van der Waals surface area contributed by atoms with Crippen molar-refractivity contribution in [3.05, 3.63) is 30.2 Å². The minimum Gasteiger partial charge on any atom is -0.481 e. The smallest absolute Gasteiger partial charge is 0.305 e. The van der Waals surface area contributed by atoms with Crippen molar-refractivity contribution in [1.29, 1.82) is 0 Å². The Morgan fingerprint density at radius 3 is 2.85 bits per heavy atom. The van der Waals surface area contributed by atoms with Crippen LogP contribution in [-0.2, 0) is 4.79 Å². The van der Waals surface area contributed by atoms with Gasteiger partial charge in [0.05, 0.1) is 17.5 Å². The lowest BCUT2D eigenvalue weighted by Crippen LogP contribution is -2.54. The number of nitrogens with one attached hydrogen (secondary N) is 1. The molecule has 1 amide bonds. The lowest BCUT2D eigenvalue weighted by molar-refractivity contribution is -0.139. The molecule has 1 aliphatic rings. The van der Waals surface area contributed by atoms with E-state index in [4.69, 9.17) is 5.11 Å². The van der Waals surface area contributed by atoms with E-state index < -0.39 is 11.5 Å². The van der Waals surface area contributed by atoms with Gasteiger partial charge in [-0.15, -0.1) is 10.2 Å². The molecular weight excluding hydrogens is 260 g/mol. The molecule has 2 aromatic rings. The summed E-state index contributed by atoms with van der Waals surface area (Å²) in [5.41, 5.74) is 0.532. The third-order valence-corrected chi connectivity index (χ3v) is 3.73. The van der Waals surface area contributed by atoms with Gasteiger partial charge in [-0.3, -0.25) is 14.0 Å². The van der Waals surface area contributed by atoms with Crippen LogP contribution in [0.5, 0.6) is 0 Å². The van der Waals surface area contributed by atoms with Crippen molar-refractivity contribution in [2.75, 3.05) is 0 Å². The predicted octanol–water partition coefficient (Wildman–Crippen LogP) is 0.856. The van der Waals surface area contributed by atoms with Gasteiger partial charge in [-0.1, -0.05) is 0 Å². The third kappa shape index (κ3) is 2.22. The molecule has 7 heteroatoms. The summed E-state index contributed by atoms with van der Waals surface area (Å²) >= 11 is 0. The molecule has 0 aliphatic heterocycles. The summed E-state index contributed by atoms with van der Waals surface area (Å²) in [4.78, 5) is 23.1. The van der Waals surface area contributed by atoms with Gasteiger partial charge in [0.15, 0.2) is 5.65 Å². The van der Waals surface area contributed by atoms with E-state index in [9.17, 15) is 9.59 Å². The van der Waals surface area contributed by atoms with Gasteiger partial charge in [-0.05, 0) is 31.4 Å². The van der Waals surface area contributed by atoms with Gasteiger partial charge in [0.1, 0.15) is 6.33 Å². The minimum atomic E-state index is -0.890. The summed E-state index contributed by atoms with van der Waals surface area (Å²) in [5, 5.41) is 19.4. The van der Waals surface area contributed by atoms with Crippen molar-refractivity contribution < 1.29 is 14.7 Å². The van der Waals surface area contributed by atoms with Crippen molar-refractivity contribution in [3.63, 3.8) is 0 Å². The molecule has 0 saturated heterocycles. The zero-order chi connectivity index (χ0) is 14.2. The SMILES string of the molecule is O=C(O)CC1(NC(=O)c2ccc3nncn3c2)CCC1. The van der Waals surface area contributed by atoms with E-state index in [2.05, 4.69) is 15.5 Å². The summed E-state index contributed by atoms with van der Waals surface area (Å²) < 4.78 is 1.65. The lowest BCUT2D eigenvalue weighted by Gasteiger charge is -2.41. The number of carboxylic acids is 1. The fourth-order valence-electron chi connectivity index (χ4n) is 2.51. The Morgan fingerprint density at radius 2 is 2.20 bits per heavy atom. The maximum absolute atomic E-state index is 12.2. The van der Waals surface area contributed by atoms with Crippen LogP contribution < -0.4 is 5.32 Å². The van der Waals surface area contributed by atoms with Gasteiger partial charge in [-0.2, -0.15) is 0 Å². The number of fused-ring (bicyclic) bond motifs is 1. The van der Waals surface area contributed by atoms with Crippen LogP contribution in [-0.4, -0.2) is 37.1 Å². The monoisotopic (exact) mass is 274 g/mol. The van der Waals surface area contributed by atoms with E-state index in [0.29, 0.717) is 24.1 Å². The molecule has 0 spiro atoms.